The molecule has 80 valence electrons. The second kappa shape index (κ2) is 3.31. The van der Waals surface area contributed by atoms with Crippen molar-refractivity contribution in [2.75, 3.05) is 5.73 Å². The molecule has 3 rings (SSSR count). The van der Waals surface area contributed by atoms with E-state index in [1.165, 1.54) is 16.9 Å². The minimum Gasteiger partial charge on any atom is -0.382 e. The zero-order valence-corrected chi connectivity index (χ0v) is 9.53. The summed E-state index contributed by atoms with van der Waals surface area (Å²) in [5, 5.41) is 4.14. The second-order valence-corrected chi connectivity index (χ2v) is 4.41. The standard InChI is InChI=1S/C11H10N4S/c1-7-4-2-3-5-8(7)9-10(12)15-11(14-9)16-6-13-15/h2-6H,12H2,1H3. The molecule has 0 spiro atoms. The first-order valence-electron chi connectivity index (χ1n) is 4.91. The van der Waals surface area contributed by atoms with Gasteiger partial charge in [0.15, 0.2) is 5.82 Å². The number of nitrogen functional groups attached to an aromatic ring is 1. The van der Waals surface area contributed by atoms with Crippen molar-refractivity contribution >= 4 is 22.1 Å². The summed E-state index contributed by atoms with van der Waals surface area (Å²) in [5.74, 6) is 0.602. The summed E-state index contributed by atoms with van der Waals surface area (Å²) >= 11 is 1.48. The molecule has 0 radical (unpaired) electrons. The quantitative estimate of drug-likeness (QED) is 0.698. The zero-order chi connectivity index (χ0) is 11.1. The van der Waals surface area contributed by atoms with Gasteiger partial charge in [0.1, 0.15) is 11.2 Å². The monoisotopic (exact) mass is 230 g/mol. The molecule has 0 saturated carbocycles. The Balaban J connectivity index is 2.30. The Morgan fingerprint density at radius 3 is 2.88 bits per heavy atom. The third-order valence-corrected chi connectivity index (χ3v) is 3.26. The molecule has 3 aromatic rings. The molecule has 0 aliphatic heterocycles. The van der Waals surface area contributed by atoms with Gasteiger partial charge in [-0.05, 0) is 12.5 Å². The number of benzene rings is 1. The van der Waals surface area contributed by atoms with Crippen molar-refractivity contribution in [2.45, 2.75) is 6.92 Å². The van der Waals surface area contributed by atoms with E-state index in [9.17, 15) is 0 Å². The Morgan fingerprint density at radius 2 is 2.12 bits per heavy atom. The van der Waals surface area contributed by atoms with Gasteiger partial charge in [0, 0.05) is 5.56 Å². The summed E-state index contributed by atoms with van der Waals surface area (Å²) in [7, 11) is 0. The fraction of sp³-hybridized carbons (Fsp3) is 0.0909. The molecule has 2 aromatic heterocycles. The number of aryl methyl sites for hydroxylation is 1. The van der Waals surface area contributed by atoms with Crippen LogP contribution in [0.2, 0.25) is 0 Å². The summed E-state index contributed by atoms with van der Waals surface area (Å²) in [6.45, 7) is 2.05. The van der Waals surface area contributed by atoms with Crippen LogP contribution in [-0.2, 0) is 0 Å². The molecule has 0 aliphatic carbocycles. The summed E-state index contributed by atoms with van der Waals surface area (Å²) in [6, 6.07) is 8.07. The van der Waals surface area contributed by atoms with E-state index < -0.39 is 0 Å². The largest absolute Gasteiger partial charge is 0.382 e. The topological polar surface area (TPSA) is 56.2 Å². The normalized spacial score (nSPS) is 11.1. The van der Waals surface area contributed by atoms with Crippen LogP contribution in [0.1, 0.15) is 5.56 Å². The number of hydrogen-bond donors (Lipinski definition) is 1. The van der Waals surface area contributed by atoms with Crippen LogP contribution in [0.25, 0.3) is 16.2 Å². The van der Waals surface area contributed by atoms with E-state index in [-0.39, 0.29) is 0 Å². The van der Waals surface area contributed by atoms with Crippen molar-refractivity contribution in [3.63, 3.8) is 0 Å². The first-order chi connectivity index (χ1) is 7.77. The summed E-state index contributed by atoms with van der Waals surface area (Å²) in [5.41, 5.74) is 10.8. The first kappa shape index (κ1) is 9.35. The molecule has 0 unspecified atom stereocenters. The van der Waals surface area contributed by atoms with Crippen LogP contribution in [0.5, 0.6) is 0 Å². The fourth-order valence-corrected chi connectivity index (χ4v) is 2.37. The van der Waals surface area contributed by atoms with Gasteiger partial charge in [-0.25, -0.2) is 4.98 Å². The van der Waals surface area contributed by atoms with Gasteiger partial charge in [-0.1, -0.05) is 35.6 Å². The van der Waals surface area contributed by atoms with Crippen LogP contribution >= 0.6 is 11.3 Å². The number of imidazole rings is 1. The van der Waals surface area contributed by atoms with Crippen LogP contribution < -0.4 is 5.73 Å². The van der Waals surface area contributed by atoms with E-state index in [4.69, 9.17) is 5.73 Å². The first-order valence-corrected chi connectivity index (χ1v) is 5.79. The SMILES string of the molecule is Cc1ccccc1-c1nc2scnn2c1N. The van der Waals surface area contributed by atoms with Crippen molar-refractivity contribution in [3.05, 3.63) is 35.3 Å². The van der Waals surface area contributed by atoms with E-state index in [2.05, 4.69) is 23.1 Å². The van der Waals surface area contributed by atoms with Crippen molar-refractivity contribution < 1.29 is 0 Å². The molecule has 5 heteroatoms. The summed E-state index contributed by atoms with van der Waals surface area (Å²) in [6.07, 6.45) is 0. The second-order valence-electron chi connectivity index (χ2n) is 3.59. The van der Waals surface area contributed by atoms with Gasteiger partial charge in [-0.2, -0.15) is 9.61 Å². The maximum atomic E-state index is 6.03. The summed E-state index contributed by atoms with van der Waals surface area (Å²) in [4.78, 5) is 5.33. The number of nitrogens with two attached hydrogens (primary N) is 1. The Hall–Kier alpha value is -1.88. The number of rotatable bonds is 1. The molecule has 0 aliphatic rings. The Morgan fingerprint density at radius 1 is 1.31 bits per heavy atom. The maximum absolute atomic E-state index is 6.03. The number of fused-ring (bicyclic) bond motifs is 1. The molecular weight excluding hydrogens is 220 g/mol. The van der Waals surface area contributed by atoms with Crippen LogP contribution in [-0.4, -0.2) is 14.6 Å². The number of hydrogen-bond acceptors (Lipinski definition) is 4. The molecule has 0 atom stereocenters. The molecule has 0 fully saturated rings. The van der Waals surface area contributed by atoms with E-state index >= 15 is 0 Å². The molecule has 0 bridgehead atoms. The average molecular weight is 230 g/mol. The highest BCUT2D eigenvalue weighted by Gasteiger charge is 2.14. The van der Waals surface area contributed by atoms with Crippen LogP contribution in [0.15, 0.2) is 29.8 Å². The van der Waals surface area contributed by atoms with E-state index in [0.29, 0.717) is 5.82 Å². The van der Waals surface area contributed by atoms with Crippen molar-refractivity contribution in [1.82, 2.24) is 14.6 Å². The molecule has 0 amide bonds. The third-order valence-electron chi connectivity index (χ3n) is 2.58. The minimum absolute atomic E-state index is 0.602. The number of aromatic nitrogens is 3. The van der Waals surface area contributed by atoms with Gasteiger partial charge < -0.3 is 5.73 Å². The Labute approximate surface area is 96.4 Å². The predicted molar refractivity (Wildman–Crippen MR) is 65.4 cm³/mol. The van der Waals surface area contributed by atoms with Crippen LogP contribution in [0, 0.1) is 6.92 Å². The zero-order valence-electron chi connectivity index (χ0n) is 8.71. The summed E-state index contributed by atoms with van der Waals surface area (Å²) < 4.78 is 1.67. The lowest BCUT2D eigenvalue weighted by molar-refractivity contribution is 0.985. The van der Waals surface area contributed by atoms with E-state index in [1.54, 1.807) is 10.0 Å². The maximum Gasteiger partial charge on any atom is 0.214 e. The van der Waals surface area contributed by atoms with Crippen molar-refractivity contribution in [2.24, 2.45) is 0 Å². The molecule has 16 heavy (non-hydrogen) atoms. The molecule has 4 nitrogen and oxygen atoms in total. The molecular formula is C11H10N4S. The highest BCUT2D eigenvalue weighted by molar-refractivity contribution is 7.14. The minimum atomic E-state index is 0.602. The van der Waals surface area contributed by atoms with Gasteiger partial charge in [-0.15, -0.1) is 0 Å². The van der Waals surface area contributed by atoms with Gasteiger partial charge in [-0.3, -0.25) is 0 Å². The van der Waals surface area contributed by atoms with Crippen LogP contribution in [0.3, 0.4) is 0 Å². The van der Waals surface area contributed by atoms with Gasteiger partial charge in [0.05, 0.1) is 0 Å². The third kappa shape index (κ3) is 1.22. The Kier molecular flexibility index (Phi) is 1.94. The molecule has 1 aromatic carbocycles. The molecule has 0 saturated heterocycles. The Bertz CT molecular complexity index is 653. The lowest BCUT2D eigenvalue weighted by Crippen LogP contribution is -1.95. The van der Waals surface area contributed by atoms with Gasteiger partial charge in [0.25, 0.3) is 0 Å². The van der Waals surface area contributed by atoms with Gasteiger partial charge >= 0.3 is 0 Å². The van der Waals surface area contributed by atoms with Gasteiger partial charge in [0.2, 0.25) is 4.96 Å². The van der Waals surface area contributed by atoms with E-state index in [1.807, 2.05) is 18.2 Å². The lowest BCUT2D eigenvalue weighted by Gasteiger charge is -2.02. The smallest absolute Gasteiger partial charge is 0.214 e. The highest BCUT2D eigenvalue weighted by Crippen LogP contribution is 2.29. The van der Waals surface area contributed by atoms with Crippen LogP contribution in [0.4, 0.5) is 5.82 Å². The number of nitrogens with zero attached hydrogens (tertiary/aromatic N) is 3. The predicted octanol–water partition coefficient (Wildman–Crippen LogP) is 2.35. The average Bonchev–Trinajstić information content (AvgIpc) is 2.83. The lowest BCUT2D eigenvalue weighted by atomic mass is 10.1. The van der Waals surface area contributed by atoms with Crippen molar-refractivity contribution in [3.8, 4) is 11.3 Å². The highest BCUT2D eigenvalue weighted by atomic mass is 32.1. The van der Waals surface area contributed by atoms with E-state index in [0.717, 1.165) is 16.2 Å². The number of anilines is 1. The fourth-order valence-electron chi connectivity index (χ4n) is 1.75. The molecule has 2 heterocycles. The molecule has 2 N–H and O–H groups in total. The van der Waals surface area contributed by atoms with Crippen molar-refractivity contribution in [1.29, 1.82) is 0 Å².